The summed E-state index contributed by atoms with van der Waals surface area (Å²) in [6.07, 6.45) is -0.523. The van der Waals surface area contributed by atoms with Gasteiger partial charge in [0, 0.05) is 22.9 Å². The van der Waals surface area contributed by atoms with E-state index in [1.165, 1.54) is 0 Å². The second kappa shape index (κ2) is 7.16. The highest BCUT2D eigenvalue weighted by atomic mass is 79.9. The van der Waals surface area contributed by atoms with Gasteiger partial charge in [0.2, 0.25) is 0 Å². The summed E-state index contributed by atoms with van der Waals surface area (Å²) in [7, 11) is 0. The van der Waals surface area contributed by atoms with Gasteiger partial charge in [-0.25, -0.2) is 0 Å². The van der Waals surface area contributed by atoms with Gasteiger partial charge in [-0.2, -0.15) is 0 Å². The highest BCUT2D eigenvalue weighted by Crippen LogP contribution is 2.23. The molecule has 0 spiro atoms. The van der Waals surface area contributed by atoms with Crippen molar-refractivity contribution in [2.24, 2.45) is 0 Å². The smallest absolute Gasteiger partial charge is 0.308 e. The number of hydrogen-bond acceptors (Lipinski definition) is 4. The minimum absolute atomic E-state index is 0.230. The lowest BCUT2D eigenvalue weighted by molar-refractivity contribution is -0.189. The van der Waals surface area contributed by atoms with E-state index in [1.807, 2.05) is 6.07 Å². The van der Waals surface area contributed by atoms with E-state index >= 15 is 0 Å². The Balaban J connectivity index is 2.88. The quantitative estimate of drug-likeness (QED) is 0.617. The van der Waals surface area contributed by atoms with Gasteiger partial charge in [0.1, 0.15) is 0 Å². The van der Waals surface area contributed by atoms with Crippen LogP contribution in [0, 0.1) is 0 Å². The van der Waals surface area contributed by atoms with E-state index < -0.39 is 18.2 Å². The third-order valence-corrected chi connectivity index (χ3v) is 2.67. The van der Waals surface area contributed by atoms with Crippen molar-refractivity contribution in [2.75, 3.05) is 0 Å². The third-order valence-electron chi connectivity index (χ3n) is 2.18. The van der Waals surface area contributed by atoms with Crippen molar-refractivity contribution < 1.29 is 19.1 Å². The summed E-state index contributed by atoms with van der Waals surface area (Å²) < 4.78 is 11.0. The maximum absolute atomic E-state index is 11.3. The van der Waals surface area contributed by atoms with Crippen molar-refractivity contribution in [3.8, 4) is 0 Å². The van der Waals surface area contributed by atoms with Gasteiger partial charge in [0.05, 0.1) is 0 Å². The minimum atomic E-state index is -0.984. The summed E-state index contributed by atoms with van der Waals surface area (Å²) in [5.74, 6) is -0.826. The molecule has 0 amide bonds. The molecule has 0 atom stereocenters. The van der Waals surface area contributed by atoms with Crippen LogP contribution in [0.2, 0.25) is 0 Å². The second-order valence-corrected chi connectivity index (χ2v) is 4.49. The standard InChI is InChI=1S/C13H15BrO4/c1-3-11(15)17-13(18-12(16)4-2)9-6-5-7-10(14)8-9/h5-8,13H,3-4H2,1-2H3. The van der Waals surface area contributed by atoms with E-state index in [9.17, 15) is 9.59 Å². The first kappa shape index (κ1) is 14.7. The number of rotatable bonds is 5. The van der Waals surface area contributed by atoms with Crippen molar-refractivity contribution in [1.82, 2.24) is 0 Å². The summed E-state index contributed by atoms with van der Waals surface area (Å²) in [5.41, 5.74) is 0.618. The number of benzene rings is 1. The van der Waals surface area contributed by atoms with Gasteiger partial charge in [-0.1, -0.05) is 41.9 Å². The largest absolute Gasteiger partial charge is 0.421 e. The molecule has 1 aromatic rings. The van der Waals surface area contributed by atoms with Gasteiger partial charge in [0.15, 0.2) is 0 Å². The van der Waals surface area contributed by atoms with Crippen LogP contribution >= 0.6 is 15.9 Å². The number of halogens is 1. The molecule has 0 saturated carbocycles. The molecular weight excluding hydrogens is 300 g/mol. The molecule has 0 fully saturated rings. The molecule has 1 rings (SSSR count). The van der Waals surface area contributed by atoms with Crippen LogP contribution in [0.25, 0.3) is 0 Å². The van der Waals surface area contributed by atoms with Crippen LogP contribution in [-0.4, -0.2) is 11.9 Å². The van der Waals surface area contributed by atoms with E-state index in [2.05, 4.69) is 15.9 Å². The highest BCUT2D eigenvalue weighted by molar-refractivity contribution is 9.10. The SMILES string of the molecule is CCC(=O)OC(OC(=O)CC)c1cccc(Br)c1. The Hall–Kier alpha value is -1.36. The zero-order valence-electron chi connectivity index (χ0n) is 10.3. The van der Waals surface area contributed by atoms with Crippen molar-refractivity contribution in [3.63, 3.8) is 0 Å². The Bertz CT molecular complexity index is 413. The molecule has 0 unspecified atom stereocenters. The summed E-state index contributed by atoms with van der Waals surface area (Å²) in [4.78, 5) is 22.7. The maximum Gasteiger partial charge on any atom is 0.308 e. The number of esters is 2. The van der Waals surface area contributed by atoms with Crippen molar-refractivity contribution in [3.05, 3.63) is 34.3 Å². The first-order valence-corrected chi connectivity index (χ1v) is 6.50. The van der Waals surface area contributed by atoms with Gasteiger partial charge >= 0.3 is 11.9 Å². The second-order valence-electron chi connectivity index (χ2n) is 3.57. The summed E-state index contributed by atoms with van der Waals surface area (Å²) in [6.45, 7) is 3.36. The molecular formula is C13H15BrO4. The van der Waals surface area contributed by atoms with Gasteiger partial charge in [-0.3, -0.25) is 9.59 Å². The Labute approximate surface area is 114 Å². The fraction of sp³-hybridized carbons (Fsp3) is 0.385. The molecule has 0 bridgehead atoms. The molecule has 4 nitrogen and oxygen atoms in total. The van der Waals surface area contributed by atoms with E-state index in [4.69, 9.17) is 9.47 Å². The topological polar surface area (TPSA) is 52.6 Å². The van der Waals surface area contributed by atoms with E-state index in [0.717, 1.165) is 4.47 Å². The van der Waals surface area contributed by atoms with Crippen LogP contribution in [0.1, 0.15) is 38.5 Å². The van der Waals surface area contributed by atoms with Crippen LogP contribution < -0.4 is 0 Å². The summed E-state index contributed by atoms with van der Waals surface area (Å²) in [6, 6.07) is 7.10. The van der Waals surface area contributed by atoms with Crippen molar-refractivity contribution in [1.29, 1.82) is 0 Å². The molecule has 5 heteroatoms. The van der Waals surface area contributed by atoms with Gasteiger partial charge < -0.3 is 9.47 Å². The normalized spacial score (nSPS) is 10.2. The van der Waals surface area contributed by atoms with E-state index in [0.29, 0.717) is 5.56 Å². The van der Waals surface area contributed by atoms with Crippen LogP contribution in [0.3, 0.4) is 0 Å². The first-order valence-electron chi connectivity index (χ1n) is 5.71. The predicted octanol–water partition coefficient (Wildman–Crippen LogP) is 3.35. The van der Waals surface area contributed by atoms with Crippen molar-refractivity contribution in [2.45, 2.75) is 33.0 Å². The van der Waals surface area contributed by atoms with E-state index in [-0.39, 0.29) is 12.8 Å². The fourth-order valence-corrected chi connectivity index (χ4v) is 1.64. The monoisotopic (exact) mass is 314 g/mol. The molecule has 18 heavy (non-hydrogen) atoms. The molecule has 0 saturated heterocycles. The van der Waals surface area contributed by atoms with Crippen LogP contribution in [0.15, 0.2) is 28.7 Å². The lowest BCUT2D eigenvalue weighted by Crippen LogP contribution is -2.17. The average molecular weight is 315 g/mol. The van der Waals surface area contributed by atoms with Crippen LogP contribution in [0.5, 0.6) is 0 Å². The molecule has 0 aliphatic heterocycles. The Morgan fingerprint density at radius 1 is 1.17 bits per heavy atom. The van der Waals surface area contributed by atoms with Gasteiger partial charge in [0.25, 0.3) is 6.29 Å². The lowest BCUT2D eigenvalue weighted by Gasteiger charge is -2.18. The minimum Gasteiger partial charge on any atom is -0.421 e. The van der Waals surface area contributed by atoms with Crippen LogP contribution in [-0.2, 0) is 19.1 Å². The summed E-state index contributed by atoms with van der Waals surface area (Å²) in [5, 5.41) is 0. The van der Waals surface area contributed by atoms with Crippen LogP contribution in [0.4, 0.5) is 0 Å². The highest BCUT2D eigenvalue weighted by Gasteiger charge is 2.19. The fourth-order valence-electron chi connectivity index (χ4n) is 1.22. The Morgan fingerprint density at radius 2 is 1.72 bits per heavy atom. The van der Waals surface area contributed by atoms with Crippen molar-refractivity contribution >= 4 is 27.9 Å². The van der Waals surface area contributed by atoms with Gasteiger partial charge in [-0.05, 0) is 12.1 Å². The zero-order chi connectivity index (χ0) is 13.5. The molecule has 0 N–H and O–H groups in total. The third kappa shape index (κ3) is 4.49. The zero-order valence-corrected chi connectivity index (χ0v) is 11.9. The molecule has 0 radical (unpaired) electrons. The van der Waals surface area contributed by atoms with Gasteiger partial charge in [-0.15, -0.1) is 0 Å². The number of carbonyl (C=O) groups is 2. The number of ether oxygens (including phenoxy) is 2. The molecule has 98 valence electrons. The number of carbonyl (C=O) groups excluding carboxylic acids is 2. The predicted molar refractivity (Wildman–Crippen MR) is 69.6 cm³/mol. The maximum atomic E-state index is 11.3. The molecule has 0 aromatic heterocycles. The first-order chi connectivity index (χ1) is 8.56. The average Bonchev–Trinajstić information content (AvgIpc) is 2.37. The molecule has 0 aliphatic rings. The Morgan fingerprint density at radius 3 is 2.17 bits per heavy atom. The molecule has 0 heterocycles. The number of hydrogen-bond donors (Lipinski definition) is 0. The lowest BCUT2D eigenvalue weighted by atomic mass is 10.2. The Kier molecular flexibility index (Phi) is 5.85. The molecule has 0 aliphatic carbocycles. The summed E-state index contributed by atoms with van der Waals surface area (Å²) >= 11 is 3.32. The van der Waals surface area contributed by atoms with E-state index in [1.54, 1.807) is 32.0 Å². The molecule has 1 aromatic carbocycles.